The van der Waals surface area contributed by atoms with Crippen molar-refractivity contribution in [1.29, 1.82) is 0 Å². The van der Waals surface area contributed by atoms with Crippen LogP contribution in [0.2, 0.25) is 0 Å². The molecular formula is C18H22FNO. The largest absolute Gasteiger partial charge is 0.389 e. The van der Waals surface area contributed by atoms with Crippen LogP contribution in [0.3, 0.4) is 0 Å². The van der Waals surface area contributed by atoms with Crippen LogP contribution < -0.4 is 4.90 Å². The van der Waals surface area contributed by atoms with Crippen LogP contribution in [-0.2, 0) is 0 Å². The minimum Gasteiger partial charge on any atom is -0.389 e. The Hall–Kier alpha value is -1.87. The minimum atomic E-state index is -0.714. The van der Waals surface area contributed by atoms with Crippen molar-refractivity contribution >= 4 is 11.4 Å². The fourth-order valence-electron chi connectivity index (χ4n) is 2.54. The summed E-state index contributed by atoms with van der Waals surface area (Å²) in [6.07, 6.45) is -0.714. The Balaban J connectivity index is 2.59. The van der Waals surface area contributed by atoms with Gasteiger partial charge in [-0.15, -0.1) is 0 Å². The molecule has 21 heavy (non-hydrogen) atoms. The Morgan fingerprint density at radius 3 is 2.48 bits per heavy atom. The van der Waals surface area contributed by atoms with Gasteiger partial charge in [-0.25, -0.2) is 4.39 Å². The zero-order valence-electron chi connectivity index (χ0n) is 13.0. The predicted molar refractivity (Wildman–Crippen MR) is 85.6 cm³/mol. The first kappa shape index (κ1) is 15.5. The molecule has 0 saturated carbocycles. The van der Waals surface area contributed by atoms with Crippen LogP contribution in [-0.4, -0.2) is 11.7 Å². The number of hydrogen-bond acceptors (Lipinski definition) is 2. The Morgan fingerprint density at radius 2 is 1.90 bits per heavy atom. The lowest BCUT2D eigenvalue weighted by atomic mass is 10.0. The number of halogens is 1. The van der Waals surface area contributed by atoms with Crippen molar-refractivity contribution in [1.82, 2.24) is 0 Å². The normalized spacial score (nSPS) is 12.3. The van der Waals surface area contributed by atoms with Gasteiger partial charge in [0.25, 0.3) is 0 Å². The van der Waals surface area contributed by atoms with Crippen LogP contribution in [0.4, 0.5) is 15.8 Å². The van der Waals surface area contributed by atoms with Crippen molar-refractivity contribution in [3.05, 3.63) is 58.9 Å². The van der Waals surface area contributed by atoms with Crippen molar-refractivity contribution in [2.75, 3.05) is 11.4 Å². The van der Waals surface area contributed by atoms with E-state index in [1.165, 1.54) is 11.6 Å². The molecular weight excluding hydrogens is 265 g/mol. The Morgan fingerprint density at radius 1 is 1.19 bits per heavy atom. The first-order valence-electron chi connectivity index (χ1n) is 7.26. The SMILES string of the molecule is CCN(c1cccc(C)c1)c1cc(C)c(F)cc1[C@H](C)O. The molecule has 2 rings (SSSR count). The zero-order chi connectivity index (χ0) is 15.6. The molecule has 0 radical (unpaired) electrons. The van der Waals surface area contributed by atoms with E-state index in [9.17, 15) is 9.50 Å². The molecule has 2 aromatic rings. The van der Waals surface area contributed by atoms with Gasteiger partial charge in [0, 0.05) is 23.5 Å². The van der Waals surface area contributed by atoms with E-state index in [1.54, 1.807) is 13.8 Å². The molecule has 0 saturated heterocycles. The van der Waals surface area contributed by atoms with E-state index in [4.69, 9.17) is 0 Å². The van der Waals surface area contributed by atoms with E-state index in [-0.39, 0.29) is 5.82 Å². The second kappa shape index (κ2) is 6.27. The molecule has 2 nitrogen and oxygen atoms in total. The topological polar surface area (TPSA) is 23.5 Å². The highest BCUT2D eigenvalue weighted by Gasteiger charge is 2.17. The maximum Gasteiger partial charge on any atom is 0.126 e. The molecule has 0 fully saturated rings. The molecule has 0 aromatic heterocycles. The second-order valence-electron chi connectivity index (χ2n) is 5.42. The van der Waals surface area contributed by atoms with Gasteiger partial charge in [-0.1, -0.05) is 12.1 Å². The fraction of sp³-hybridized carbons (Fsp3) is 0.333. The van der Waals surface area contributed by atoms with Gasteiger partial charge in [0.15, 0.2) is 0 Å². The highest BCUT2D eigenvalue weighted by atomic mass is 19.1. The lowest BCUT2D eigenvalue weighted by Crippen LogP contribution is -2.19. The van der Waals surface area contributed by atoms with Crippen LogP contribution in [0.5, 0.6) is 0 Å². The zero-order valence-corrected chi connectivity index (χ0v) is 13.0. The van der Waals surface area contributed by atoms with Crippen molar-refractivity contribution in [3.63, 3.8) is 0 Å². The molecule has 0 aliphatic rings. The average Bonchev–Trinajstić information content (AvgIpc) is 2.43. The Kier molecular flexibility index (Phi) is 4.63. The summed E-state index contributed by atoms with van der Waals surface area (Å²) >= 11 is 0. The van der Waals surface area contributed by atoms with Crippen LogP contribution in [0.25, 0.3) is 0 Å². The van der Waals surface area contributed by atoms with Gasteiger partial charge in [0.2, 0.25) is 0 Å². The number of hydrogen-bond donors (Lipinski definition) is 1. The second-order valence-corrected chi connectivity index (χ2v) is 5.42. The summed E-state index contributed by atoms with van der Waals surface area (Å²) in [5.74, 6) is -0.282. The summed E-state index contributed by atoms with van der Waals surface area (Å²) < 4.78 is 13.8. The maximum absolute atomic E-state index is 13.8. The van der Waals surface area contributed by atoms with Crippen LogP contribution >= 0.6 is 0 Å². The third-order valence-electron chi connectivity index (χ3n) is 3.68. The summed E-state index contributed by atoms with van der Waals surface area (Å²) in [5, 5.41) is 9.97. The molecule has 1 N–H and O–H groups in total. The number of benzene rings is 2. The van der Waals surface area contributed by atoms with Gasteiger partial charge in [-0.3, -0.25) is 0 Å². The van der Waals surface area contributed by atoms with Crippen LogP contribution in [0.1, 0.15) is 36.6 Å². The van der Waals surface area contributed by atoms with Crippen molar-refractivity contribution in [2.24, 2.45) is 0 Å². The number of rotatable bonds is 4. The highest BCUT2D eigenvalue weighted by Crippen LogP contribution is 2.34. The molecule has 0 amide bonds. The monoisotopic (exact) mass is 287 g/mol. The van der Waals surface area contributed by atoms with Crippen LogP contribution in [0, 0.1) is 19.7 Å². The lowest BCUT2D eigenvalue weighted by molar-refractivity contribution is 0.199. The summed E-state index contributed by atoms with van der Waals surface area (Å²) in [6, 6.07) is 11.4. The Bertz CT molecular complexity index is 637. The maximum atomic E-state index is 13.8. The number of aliphatic hydroxyl groups excluding tert-OH is 1. The predicted octanol–water partition coefficient (Wildman–Crippen LogP) is 4.65. The van der Waals surface area contributed by atoms with Crippen molar-refractivity contribution in [2.45, 2.75) is 33.8 Å². The smallest absolute Gasteiger partial charge is 0.126 e. The first-order valence-corrected chi connectivity index (χ1v) is 7.26. The van der Waals surface area contributed by atoms with E-state index in [0.717, 1.165) is 17.9 Å². The molecule has 3 heteroatoms. The van der Waals surface area contributed by atoms with E-state index in [0.29, 0.717) is 11.1 Å². The van der Waals surface area contributed by atoms with Gasteiger partial charge in [0.1, 0.15) is 5.82 Å². The molecule has 1 atom stereocenters. The molecule has 0 heterocycles. The summed E-state index contributed by atoms with van der Waals surface area (Å²) in [7, 11) is 0. The van der Waals surface area contributed by atoms with E-state index < -0.39 is 6.10 Å². The van der Waals surface area contributed by atoms with Gasteiger partial charge in [-0.05, 0) is 63.1 Å². The number of aryl methyl sites for hydroxylation is 2. The molecule has 0 bridgehead atoms. The fourth-order valence-corrected chi connectivity index (χ4v) is 2.54. The van der Waals surface area contributed by atoms with E-state index in [2.05, 4.69) is 11.0 Å². The van der Waals surface area contributed by atoms with Crippen LogP contribution in [0.15, 0.2) is 36.4 Å². The van der Waals surface area contributed by atoms with Crippen molar-refractivity contribution < 1.29 is 9.50 Å². The molecule has 0 spiro atoms. The Labute approximate surface area is 125 Å². The van der Waals surface area contributed by atoms with E-state index >= 15 is 0 Å². The van der Waals surface area contributed by atoms with Gasteiger partial charge in [-0.2, -0.15) is 0 Å². The molecule has 0 aliphatic carbocycles. The highest BCUT2D eigenvalue weighted by molar-refractivity contribution is 5.68. The summed E-state index contributed by atoms with van der Waals surface area (Å²) in [4.78, 5) is 2.10. The quantitative estimate of drug-likeness (QED) is 0.884. The summed E-state index contributed by atoms with van der Waals surface area (Å²) in [5.41, 5.74) is 4.27. The number of aliphatic hydroxyl groups is 1. The van der Waals surface area contributed by atoms with E-state index in [1.807, 2.05) is 38.1 Å². The van der Waals surface area contributed by atoms with Gasteiger partial charge >= 0.3 is 0 Å². The van der Waals surface area contributed by atoms with Gasteiger partial charge < -0.3 is 10.0 Å². The summed E-state index contributed by atoms with van der Waals surface area (Å²) in [6.45, 7) is 8.25. The minimum absolute atomic E-state index is 0.282. The number of anilines is 2. The van der Waals surface area contributed by atoms with Crippen molar-refractivity contribution in [3.8, 4) is 0 Å². The third-order valence-corrected chi connectivity index (χ3v) is 3.68. The molecule has 0 aliphatic heterocycles. The average molecular weight is 287 g/mol. The molecule has 2 aromatic carbocycles. The number of nitrogens with zero attached hydrogens (tertiary/aromatic N) is 1. The molecule has 0 unspecified atom stereocenters. The standard InChI is InChI=1S/C18H22FNO/c1-5-20(15-8-6-7-12(2)9-15)18-10-13(3)17(19)11-16(18)14(4)21/h6-11,14,21H,5H2,1-4H3/t14-/m0/s1. The first-order chi connectivity index (χ1) is 9.93. The van der Waals surface area contributed by atoms with Gasteiger partial charge in [0.05, 0.1) is 6.10 Å². The molecule has 112 valence electrons. The third kappa shape index (κ3) is 3.24. The lowest BCUT2D eigenvalue weighted by Gasteiger charge is -2.27.